The van der Waals surface area contributed by atoms with Gasteiger partial charge in [0.25, 0.3) is 10.0 Å². The minimum atomic E-state index is -4.26. The van der Waals surface area contributed by atoms with E-state index in [4.69, 9.17) is 5.73 Å². The maximum atomic E-state index is 14.3. The Labute approximate surface area is 199 Å². The predicted molar refractivity (Wildman–Crippen MR) is 129 cm³/mol. The molecule has 0 atom stereocenters. The molecule has 10 heteroatoms. The molecule has 1 fully saturated rings. The molecule has 0 unspecified atom stereocenters. The molecule has 3 aromatic heterocycles. The van der Waals surface area contributed by atoms with Gasteiger partial charge in [0.05, 0.1) is 10.9 Å². The van der Waals surface area contributed by atoms with Gasteiger partial charge < -0.3 is 10.3 Å². The molecule has 178 valence electrons. The fourth-order valence-corrected chi connectivity index (χ4v) is 6.48. The van der Waals surface area contributed by atoms with Gasteiger partial charge in [0.15, 0.2) is 0 Å². The van der Waals surface area contributed by atoms with Crippen molar-refractivity contribution in [2.45, 2.75) is 36.6 Å². The minimum absolute atomic E-state index is 0.348. The Morgan fingerprint density at radius 1 is 1.00 bits per heavy atom. The molecule has 0 saturated heterocycles. The third-order valence-electron chi connectivity index (χ3n) is 6.75. The Hall–Kier alpha value is -3.79. The van der Waals surface area contributed by atoms with Crippen LogP contribution in [0, 0.1) is 11.6 Å². The normalized spacial score (nSPS) is 14.9. The van der Waals surface area contributed by atoms with Gasteiger partial charge >= 0.3 is 0 Å². The first-order valence-corrected chi connectivity index (χ1v) is 12.7. The summed E-state index contributed by atoms with van der Waals surface area (Å²) in [4.78, 5) is 8.10. The smallest absolute Gasteiger partial charge is 0.271 e. The van der Waals surface area contributed by atoms with Crippen molar-refractivity contribution in [3.05, 3.63) is 72.8 Å². The third-order valence-corrected chi connectivity index (χ3v) is 8.48. The van der Waals surface area contributed by atoms with Crippen molar-refractivity contribution >= 4 is 37.8 Å². The van der Waals surface area contributed by atoms with Crippen molar-refractivity contribution in [1.29, 1.82) is 0 Å². The lowest BCUT2D eigenvalue weighted by molar-refractivity contribution is 0.532. The maximum Gasteiger partial charge on any atom is 0.271 e. The summed E-state index contributed by atoms with van der Waals surface area (Å²) >= 11 is 0. The Kier molecular flexibility index (Phi) is 4.89. The van der Waals surface area contributed by atoms with Gasteiger partial charge in [-0.25, -0.2) is 31.1 Å². The fourth-order valence-electron chi connectivity index (χ4n) is 5.07. The SMILES string of the molecule is Nc1ncnc2c1c(-c1ccc3c(ccn3S(=O)(=O)c3ccc(F)cc3F)c1)cn2C1CCCC1. The molecule has 3 heterocycles. The lowest BCUT2D eigenvalue weighted by Gasteiger charge is -2.12. The van der Waals surface area contributed by atoms with Gasteiger partial charge in [-0.2, -0.15) is 0 Å². The zero-order valence-electron chi connectivity index (χ0n) is 18.5. The van der Waals surface area contributed by atoms with Gasteiger partial charge in [0.2, 0.25) is 0 Å². The molecule has 7 nitrogen and oxygen atoms in total. The summed E-state index contributed by atoms with van der Waals surface area (Å²) in [5.41, 5.74) is 9.12. The molecule has 35 heavy (non-hydrogen) atoms. The average molecular weight is 494 g/mol. The highest BCUT2D eigenvalue weighted by atomic mass is 32.2. The van der Waals surface area contributed by atoms with Gasteiger partial charge in [0, 0.05) is 35.5 Å². The van der Waals surface area contributed by atoms with Crippen LogP contribution in [-0.4, -0.2) is 26.9 Å². The molecule has 1 aliphatic carbocycles. The molecule has 0 amide bonds. The molecule has 1 saturated carbocycles. The number of anilines is 1. The summed E-state index contributed by atoms with van der Waals surface area (Å²) in [5, 5.41) is 1.41. The molecule has 6 rings (SSSR count). The molecule has 2 aromatic carbocycles. The molecular formula is C25H21F2N5O2S. The van der Waals surface area contributed by atoms with E-state index in [0.29, 0.717) is 28.8 Å². The number of nitrogens with two attached hydrogens (primary N) is 1. The Balaban J connectivity index is 1.49. The predicted octanol–water partition coefficient (Wildman–Crippen LogP) is 5.27. The second-order valence-electron chi connectivity index (χ2n) is 8.81. The zero-order chi connectivity index (χ0) is 24.3. The summed E-state index contributed by atoms with van der Waals surface area (Å²) < 4.78 is 57.0. The average Bonchev–Trinajstić information content (AvgIpc) is 3.57. The van der Waals surface area contributed by atoms with Crippen molar-refractivity contribution in [3.63, 3.8) is 0 Å². The van der Waals surface area contributed by atoms with E-state index in [2.05, 4.69) is 20.7 Å². The van der Waals surface area contributed by atoms with Gasteiger partial charge in [-0.15, -0.1) is 0 Å². The molecule has 5 aromatic rings. The monoisotopic (exact) mass is 493 g/mol. The zero-order valence-corrected chi connectivity index (χ0v) is 19.3. The second kappa shape index (κ2) is 7.88. The molecule has 0 spiro atoms. The van der Waals surface area contributed by atoms with E-state index in [1.165, 1.54) is 25.4 Å². The lowest BCUT2D eigenvalue weighted by Crippen LogP contribution is -2.13. The van der Waals surface area contributed by atoms with Crippen LogP contribution in [0.4, 0.5) is 14.6 Å². The van der Waals surface area contributed by atoms with Crippen LogP contribution < -0.4 is 5.73 Å². The first-order chi connectivity index (χ1) is 16.8. The van der Waals surface area contributed by atoms with Crippen LogP contribution in [0.5, 0.6) is 0 Å². The third kappa shape index (κ3) is 3.39. The highest BCUT2D eigenvalue weighted by Gasteiger charge is 2.25. The summed E-state index contributed by atoms with van der Waals surface area (Å²) in [7, 11) is -4.26. The van der Waals surface area contributed by atoms with E-state index in [9.17, 15) is 17.2 Å². The van der Waals surface area contributed by atoms with Gasteiger partial charge in [-0.05, 0) is 48.7 Å². The number of aromatic nitrogens is 4. The quantitative estimate of drug-likeness (QED) is 0.368. The number of fused-ring (bicyclic) bond motifs is 2. The van der Waals surface area contributed by atoms with E-state index in [1.807, 2.05) is 6.07 Å². The maximum absolute atomic E-state index is 14.3. The molecule has 0 bridgehead atoms. The molecule has 0 aliphatic heterocycles. The Morgan fingerprint density at radius 2 is 1.80 bits per heavy atom. The van der Waals surface area contributed by atoms with E-state index >= 15 is 0 Å². The van der Waals surface area contributed by atoms with Crippen LogP contribution in [0.1, 0.15) is 31.7 Å². The first-order valence-electron chi connectivity index (χ1n) is 11.3. The Bertz CT molecular complexity index is 1720. The van der Waals surface area contributed by atoms with E-state index in [1.54, 1.807) is 18.2 Å². The van der Waals surface area contributed by atoms with Crippen molar-refractivity contribution in [2.75, 3.05) is 5.73 Å². The van der Waals surface area contributed by atoms with Crippen LogP contribution in [0.25, 0.3) is 33.1 Å². The molecular weight excluding hydrogens is 472 g/mol. The minimum Gasteiger partial charge on any atom is -0.383 e. The number of hydrogen-bond acceptors (Lipinski definition) is 5. The van der Waals surface area contributed by atoms with Gasteiger partial charge in [-0.1, -0.05) is 18.9 Å². The first kappa shape index (κ1) is 21.7. The molecule has 1 aliphatic rings. The highest BCUT2D eigenvalue weighted by molar-refractivity contribution is 7.90. The van der Waals surface area contributed by atoms with Crippen LogP contribution >= 0.6 is 0 Å². The summed E-state index contributed by atoms with van der Waals surface area (Å²) in [5.74, 6) is -1.60. The largest absolute Gasteiger partial charge is 0.383 e. The lowest BCUT2D eigenvalue weighted by atomic mass is 10.0. The number of halogens is 2. The highest BCUT2D eigenvalue weighted by Crippen LogP contribution is 2.39. The van der Waals surface area contributed by atoms with E-state index < -0.39 is 26.6 Å². The van der Waals surface area contributed by atoms with Crippen LogP contribution in [0.3, 0.4) is 0 Å². The summed E-state index contributed by atoms with van der Waals surface area (Å²) in [6, 6.07) is 9.74. The fraction of sp³-hybridized carbons (Fsp3) is 0.200. The van der Waals surface area contributed by atoms with E-state index in [-0.39, 0.29) is 0 Å². The molecule has 2 N–H and O–H groups in total. The number of rotatable bonds is 4. The number of nitrogen functional groups attached to an aromatic ring is 1. The number of nitrogens with zero attached hydrogens (tertiary/aromatic N) is 4. The van der Waals surface area contributed by atoms with Crippen molar-refractivity contribution in [1.82, 2.24) is 18.5 Å². The number of benzene rings is 2. The van der Waals surface area contributed by atoms with E-state index in [0.717, 1.165) is 51.1 Å². The topological polar surface area (TPSA) is 95.8 Å². The van der Waals surface area contributed by atoms with Crippen molar-refractivity contribution in [2.24, 2.45) is 0 Å². The molecule has 0 radical (unpaired) electrons. The standard InChI is InChI=1S/C25H21F2N5O2S/c26-17-6-8-22(20(27)12-17)35(33,34)32-10-9-16-11-15(5-7-21(16)32)19-13-31(18-3-1-2-4-18)25-23(19)24(28)29-14-30-25/h5-14,18H,1-4H2,(H2,28,29,30). The second-order valence-corrected chi connectivity index (χ2v) is 10.6. The number of hydrogen-bond donors (Lipinski definition) is 1. The van der Waals surface area contributed by atoms with Gasteiger partial charge in [0.1, 0.15) is 34.3 Å². The van der Waals surface area contributed by atoms with Crippen molar-refractivity contribution < 1.29 is 17.2 Å². The van der Waals surface area contributed by atoms with Crippen LogP contribution in [-0.2, 0) is 10.0 Å². The van der Waals surface area contributed by atoms with Gasteiger partial charge in [-0.3, -0.25) is 0 Å². The van der Waals surface area contributed by atoms with Crippen molar-refractivity contribution in [3.8, 4) is 11.1 Å². The van der Waals surface area contributed by atoms with Crippen LogP contribution in [0.2, 0.25) is 0 Å². The summed E-state index contributed by atoms with van der Waals surface area (Å²) in [6.45, 7) is 0. The Morgan fingerprint density at radius 3 is 2.57 bits per heavy atom. The van der Waals surface area contributed by atoms with Crippen LogP contribution in [0.15, 0.2) is 66.1 Å². The summed E-state index contributed by atoms with van der Waals surface area (Å²) in [6.07, 6.45) is 9.38.